The van der Waals surface area contributed by atoms with Gasteiger partial charge < -0.3 is 15.7 Å². The summed E-state index contributed by atoms with van der Waals surface area (Å²) in [6, 6.07) is -0.101. The van der Waals surface area contributed by atoms with Gasteiger partial charge in [0.25, 0.3) is 0 Å². The van der Waals surface area contributed by atoms with Gasteiger partial charge in [-0.25, -0.2) is 0 Å². The Morgan fingerprint density at radius 1 is 1.46 bits per heavy atom. The Kier molecular flexibility index (Phi) is 7.63. The highest BCUT2D eigenvalue weighted by Gasteiger charge is 2.07. The molecule has 4 heteroatoms. The van der Waals surface area contributed by atoms with E-state index in [2.05, 4.69) is 10.6 Å². The monoisotopic (exact) mass is 188 g/mol. The van der Waals surface area contributed by atoms with Crippen LogP contribution >= 0.6 is 0 Å². The average Bonchev–Trinajstić information content (AvgIpc) is 2.14. The highest BCUT2D eigenvalue weighted by atomic mass is 16.3. The smallest absolute Gasteiger partial charge is 0.234 e. The molecule has 0 spiro atoms. The summed E-state index contributed by atoms with van der Waals surface area (Å²) in [6.07, 6.45) is 1.78. The van der Waals surface area contributed by atoms with Crippen molar-refractivity contribution in [2.75, 3.05) is 19.7 Å². The molecule has 0 saturated heterocycles. The van der Waals surface area contributed by atoms with Gasteiger partial charge in [-0.1, -0.05) is 13.8 Å². The summed E-state index contributed by atoms with van der Waals surface area (Å²) < 4.78 is 0. The standard InChI is InChI=1S/C9H20N2O2/c1-3-5-10-6-9(13)11-8(4-2)7-12/h8,10,12H,3-7H2,1-2H3,(H,11,13). The van der Waals surface area contributed by atoms with Crippen LogP contribution in [0.4, 0.5) is 0 Å². The van der Waals surface area contributed by atoms with Crippen molar-refractivity contribution in [3.63, 3.8) is 0 Å². The van der Waals surface area contributed by atoms with Gasteiger partial charge in [-0.15, -0.1) is 0 Å². The first-order chi connectivity index (χ1) is 6.24. The van der Waals surface area contributed by atoms with Gasteiger partial charge in [0.1, 0.15) is 0 Å². The maximum atomic E-state index is 11.2. The number of aliphatic hydroxyl groups is 1. The van der Waals surface area contributed by atoms with Crippen LogP contribution in [0.3, 0.4) is 0 Å². The molecular formula is C9H20N2O2. The fourth-order valence-electron chi connectivity index (χ4n) is 0.934. The predicted molar refractivity (Wildman–Crippen MR) is 52.5 cm³/mol. The van der Waals surface area contributed by atoms with Gasteiger partial charge in [0.2, 0.25) is 5.91 Å². The second kappa shape index (κ2) is 8.01. The molecular weight excluding hydrogens is 168 g/mol. The van der Waals surface area contributed by atoms with E-state index in [4.69, 9.17) is 5.11 Å². The van der Waals surface area contributed by atoms with E-state index < -0.39 is 0 Å². The summed E-state index contributed by atoms with van der Waals surface area (Å²) in [6.45, 7) is 5.18. The molecule has 0 aliphatic carbocycles. The summed E-state index contributed by atoms with van der Waals surface area (Å²) in [5, 5.41) is 14.5. The van der Waals surface area contributed by atoms with Crippen molar-refractivity contribution in [3.05, 3.63) is 0 Å². The van der Waals surface area contributed by atoms with E-state index in [-0.39, 0.29) is 18.6 Å². The molecule has 1 unspecified atom stereocenters. The number of nitrogens with one attached hydrogen (secondary N) is 2. The topological polar surface area (TPSA) is 61.4 Å². The molecule has 0 aliphatic heterocycles. The van der Waals surface area contributed by atoms with Crippen molar-refractivity contribution < 1.29 is 9.90 Å². The molecule has 0 aliphatic rings. The molecule has 0 bridgehead atoms. The van der Waals surface area contributed by atoms with Crippen LogP contribution in [-0.2, 0) is 4.79 Å². The third kappa shape index (κ3) is 6.54. The summed E-state index contributed by atoms with van der Waals surface area (Å²) in [5.41, 5.74) is 0. The molecule has 1 amide bonds. The minimum atomic E-state index is -0.101. The van der Waals surface area contributed by atoms with E-state index in [0.717, 1.165) is 19.4 Å². The number of hydrogen-bond acceptors (Lipinski definition) is 3. The molecule has 3 N–H and O–H groups in total. The van der Waals surface area contributed by atoms with Gasteiger partial charge in [-0.05, 0) is 19.4 Å². The molecule has 1 atom stereocenters. The zero-order chi connectivity index (χ0) is 10.1. The Morgan fingerprint density at radius 3 is 2.62 bits per heavy atom. The predicted octanol–water partition coefficient (Wildman–Crippen LogP) is -0.127. The van der Waals surface area contributed by atoms with Crippen molar-refractivity contribution >= 4 is 5.91 Å². The number of aliphatic hydroxyl groups excluding tert-OH is 1. The first-order valence-electron chi connectivity index (χ1n) is 4.85. The van der Waals surface area contributed by atoms with E-state index in [1.54, 1.807) is 0 Å². The summed E-state index contributed by atoms with van der Waals surface area (Å²) in [5.74, 6) is -0.0469. The molecule has 13 heavy (non-hydrogen) atoms. The normalized spacial score (nSPS) is 12.5. The molecule has 0 fully saturated rings. The molecule has 0 aromatic heterocycles. The Morgan fingerprint density at radius 2 is 2.15 bits per heavy atom. The SMILES string of the molecule is CCCNCC(=O)NC(CC)CO. The fraction of sp³-hybridized carbons (Fsp3) is 0.889. The molecule has 0 saturated carbocycles. The zero-order valence-electron chi connectivity index (χ0n) is 8.47. The van der Waals surface area contributed by atoms with Crippen molar-refractivity contribution in [3.8, 4) is 0 Å². The average molecular weight is 188 g/mol. The van der Waals surface area contributed by atoms with Crippen LogP contribution in [0.1, 0.15) is 26.7 Å². The molecule has 0 rings (SSSR count). The van der Waals surface area contributed by atoms with Crippen LogP contribution in [0.2, 0.25) is 0 Å². The zero-order valence-corrected chi connectivity index (χ0v) is 8.47. The van der Waals surface area contributed by atoms with Gasteiger partial charge >= 0.3 is 0 Å². The van der Waals surface area contributed by atoms with Crippen LogP contribution in [0.25, 0.3) is 0 Å². The second-order valence-electron chi connectivity index (χ2n) is 3.03. The van der Waals surface area contributed by atoms with Crippen LogP contribution < -0.4 is 10.6 Å². The minimum absolute atomic E-state index is 0.00994. The maximum Gasteiger partial charge on any atom is 0.234 e. The highest BCUT2D eigenvalue weighted by Crippen LogP contribution is 1.87. The van der Waals surface area contributed by atoms with E-state index in [1.165, 1.54) is 0 Å². The lowest BCUT2D eigenvalue weighted by Crippen LogP contribution is -2.42. The van der Waals surface area contributed by atoms with E-state index in [9.17, 15) is 4.79 Å². The van der Waals surface area contributed by atoms with Crippen LogP contribution in [0.15, 0.2) is 0 Å². The lowest BCUT2D eigenvalue weighted by atomic mass is 10.2. The molecule has 0 aromatic rings. The number of hydrogen-bond donors (Lipinski definition) is 3. The first kappa shape index (κ1) is 12.4. The number of rotatable bonds is 7. The Hall–Kier alpha value is -0.610. The van der Waals surface area contributed by atoms with Gasteiger partial charge in [0.15, 0.2) is 0 Å². The van der Waals surface area contributed by atoms with Crippen molar-refractivity contribution in [1.29, 1.82) is 0 Å². The van der Waals surface area contributed by atoms with Crippen molar-refractivity contribution in [1.82, 2.24) is 10.6 Å². The maximum absolute atomic E-state index is 11.2. The Bertz CT molecular complexity index is 136. The van der Waals surface area contributed by atoms with Crippen LogP contribution in [-0.4, -0.2) is 36.8 Å². The fourth-order valence-corrected chi connectivity index (χ4v) is 0.934. The van der Waals surface area contributed by atoms with Crippen molar-refractivity contribution in [2.24, 2.45) is 0 Å². The van der Waals surface area contributed by atoms with Crippen LogP contribution in [0.5, 0.6) is 0 Å². The molecule has 0 radical (unpaired) electrons. The number of carbonyl (C=O) groups is 1. The van der Waals surface area contributed by atoms with Crippen LogP contribution in [0, 0.1) is 0 Å². The summed E-state index contributed by atoms with van der Waals surface area (Å²) in [4.78, 5) is 11.2. The van der Waals surface area contributed by atoms with E-state index in [1.807, 2.05) is 13.8 Å². The lowest BCUT2D eigenvalue weighted by Gasteiger charge is -2.13. The molecule has 0 aromatic carbocycles. The third-order valence-electron chi connectivity index (χ3n) is 1.79. The highest BCUT2D eigenvalue weighted by molar-refractivity contribution is 5.78. The quantitative estimate of drug-likeness (QED) is 0.488. The van der Waals surface area contributed by atoms with E-state index in [0.29, 0.717) is 6.54 Å². The molecule has 0 heterocycles. The Balaban J connectivity index is 3.48. The van der Waals surface area contributed by atoms with Crippen molar-refractivity contribution in [2.45, 2.75) is 32.7 Å². The molecule has 4 nitrogen and oxygen atoms in total. The van der Waals surface area contributed by atoms with Gasteiger partial charge in [-0.2, -0.15) is 0 Å². The largest absolute Gasteiger partial charge is 0.394 e. The van der Waals surface area contributed by atoms with E-state index >= 15 is 0 Å². The lowest BCUT2D eigenvalue weighted by molar-refractivity contribution is -0.121. The van der Waals surface area contributed by atoms with Gasteiger partial charge in [0, 0.05) is 0 Å². The number of carbonyl (C=O) groups excluding carboxylic acids is 1. The third-order valence-corrected chi connectivity index (χ3v) is 1.79. The minimum Gasteiger partial charge on any atom is -0.394 e. The van der Waals surface area contributed by atoms with Gasteiger partial charge in [-0.3, -0.25) is 4.79 Å². The van der Waals surface area contributed by atoms with Gasteiger partial charge in [0.05, 0.1) is 19.2 Å². The summed E-state index contributed by atoms with van der Waals surface area (Å²) in [7, 11) is 0. The summed E-state index contributed by atoms with van der Waals surface area (Å²) >= 11 is 0. The first-order valence-corrected chi connectivity index (χ1v) is 4.85. The second-order valence-corrected chi connectivity index (χ2v) is 3.03. The molecule has 78 valence electrons. The Labute approximate surface area is 79.7 Å². The number of amides is 1.